The Hall–Kier alpha value is -1.04. The monoisotopic (exact) mass is 214 g/mol. The largest absolute Gasteiger partial charge is 0.311 e. The predicted molar refractivity (Wildman–Crippen MR) is 48.7 cm³/mol. The minimum absolute atomic E-state index is 0.0871. The molecule has 0 atom stereocenters. The Balaban J connectivity index is 1.84. The molecule has 1 aliphatic carbocycles. The van der Waals surface area contributed by atoms with Gasteiger partial charge in [-0.1, -0.05) is 5.21 Å². The van der Waals surface area contributed by atoms with Gasteiger partial charge in [-0.15, -0.1) is 5.10 Å². The Kier molecular flexibility index (Phi) is 1.83. The molecular formula is C9H12F2N4. The first-order valence-electron chi connectivity index (χ1n) is 5.17. The average Bonchev–Trinajstić information content (AvgIpc) is 2.57. The van der Waals surface area contributed by atoms with Crippen LogP contribution in [0.3, 0.4) is 0 Å². The molecule has 0 radical (unpaired) electrons. The second-order valence-electron chi connectivity index (χ2n) is 4.27. The summed E-state index contributed by atoms with van der Waals surface area (Å²) in [5.41, 5.74) is 1.95. The van der Waals surface area contributed by atoms with Crippen LogP contribution in [-0.4, -0.2) is 27.5 Å². The van der Waals surface area contributed by atoms with E-state index in [0.29, 0.717) is 6.54 Å². The quantitative estimate of drug-likeness (QED) is 0.755. The Bertz CT molecular complexity index is 379. The number of hydrogen-bond donors (Lipinski definition) is 1. The van der Waals surface area contributed by atoms with E-state index in [9.17, 15) is 8.78 Å². The fraction of sp³-hybridized carbons (Fsp3) is 0.778. The van der Waals surface area contributed by atoms with Crippen LogP contribution in [0, 0.1) is 0 Å². The van der Waals surface area contributed by atoms with Gasteiger partial charge >= 0.3 is 0 Å². The third kappa shape index (κ3) is 1.43. The number of hydrogen-bond acceptors (Lipinski definition) is 3. The van der Waals surface area contributed by atoms with Gasteiger partial charge in [0.25, 0.3) is 5.92 Å². The molecule has 0 aromatic carbocycles. The topological polar surface area (TPSA) is 42.7 Å². The molecule has 0 unspecified atom stereocenters. The van der Waals surface area contributed by atoms with Crippen LogP contribution in [0.25, 0.3) is 0 Å². The van der Waals surface area contributed by atoms with Crippen molar-refractivity contribution in [3.63, 3.8) is 0 Å². The van der Waals surface area contributed by atoms with Gasteiger partial charge in [-0.25, -0.2) is 13.5 Å². The van der Waals surface area contributed by atoms with Gasteiger partial charge in [-0.05, 0) is 0 Å². The van der Waals surface area contributed by atoms with Gasteiger partial charge in [0.15, 0.2) is 0 Å². The van der Waals surface area contributed by atoms with E-state index in [2.05, 4.69) is 15.6 Å². The number of alkyl halides is 2. The number of rotatable bonds is 1. The molecule has 0 bridgehead atoms. The Morgan fingerprint density at radius 3 is 2.93 bits per heavy atom. The van der Waals surface area contributed by atoms with Crippen LogP contribution in [0.2, 0.25) is 0 Å². The fourth-order valence-electron chi connectivity index (χ4n) is 2.25. The van der Waals surface area contributed by atoms with Crippen molar-refractivity contribution in [1.82, 2.24) is 20.3 Å². The van der Waals surface area contributed by atoms with E-state index < -0.39 is 5.92 Å². The normalized spacial score (nSPS) is 24.7. The van der Waals surface area contributed by atoms with Gasteiger partial charge in [-0.3, -0.25) is 0 Å². The second kappa shape index (κ2) is 2.98. The third-order valence-electron chi connectivity index (χ3n) is 3.12. The maximum Gasteiger partial charge on any atom is 0.252 e. The van der Waals surface area contributed by atoms with Gasteiger partial charge in [0, 0.05) is 32.4 Å². The van der Waals surface area contributed by atoms with Crippen molar-refractivity contribution in [1.29, 1.82) is 0 Å². The van der Waals surface area contributed by atoms with Crippen molar-refractivity contribution >= 4 is 0 Å². The van der Waals surface area contributed by atoms with Crippen LogP contribution in [-0.2, 0) is 13.0 Å². The molecule has 0 spiro atoms. The SMILES string of the molecule is FC1(F)CC(n2nnc3c2CCNC3)C1. The number of halogens is 2. The van der Waals surface area contributed by atoms with Crippen LogP contribution < -0.4 is 5.32 Å². The zero-order valence-electron chi connectivity index (χ0n) is 8.21. The molecule has 2 aliphatic rings. The van der Waals surface area contributed by atoms with E-state index in [-0.39, 0.29) is 18.9 Å². The van der Waals surface area contributed by atoms with E-state index in [4.69, 9.17) is 0 Å². The summed E-state index contributed by atoms with van der Waals surface area (Å²) in [6.45, 7) is 1.59. The van der Waals surface area contributed by atoms with Gasteiger partial charge < -0.3 is 5.32 Å². The first-order valence-corrected chi connectivity index (χ1v) is 5.17. The molecule has 1 aromatic rings. The maximum atomic E-state index is 12.7. The summed E-state index contributed by atoms with van der Waals surface area (Å²) in [4.78, 5) is 0. The lowest BCUT2D eigenvalue weighted by Gasteiger charge is -2.35. The first-order chi connectivity index (χ1) is 7.16. The summed E-state index contributed by atoms with van der Waals surface area (Å²) < 4.78 is 27.2. The lowest BCUT2D eigenvalue weighted by molar-refractivity contribution is -0.107. The number of nitrogens with zero attached hydrogens (tertiary/aromatic N) is 3. The summed E-state index contributed by atoms with van der Waals surface area (Å²) in [6, 6.07) is -0.144. The molecule has 82 valence electrons. The molecule has 1 aromatic heterocycles. The van der Waals surface area contributed by atoms with Crippen LogP contribution in [0.15, 0.2) is 0 Å². The Labute approximate surface area is 85.7 Å². The van der Waals surface area contributed by atoms with Crippen molar-refractivity contribution in [3.05, 3.63) is 11.4 Å². The average molecular weight is 214 g/mol. The van der Waals surface area contributed by atoms with Gasteiger partial charge in [0.2, 0.25) is 0 Å². The summed E-state index contributed by atoms with van der Waals surface area (Å²) in [7, 11) is 0. The molecule has 1 N–H and O–H groups in total. The maximum absolute atomic E-state index is 12.7. The first kappa shape index (κ1) is 9.21. The van der Waals surface area contributed by atoms with Gasteiger partial charge in [-0.2, -0.15) is 0 Å². The Morgan fingerprint density at radius 1 is 1.40 bits per heavy atom. The number of nitrogens with one attached hydrogen (secondary N) is 1. The lowest BCUT2D eigenvalue weighted by Crippen LogP contribution is -2.39. The molecule has 4 nitrogen and oxygen atoms in total. The molecule has 0 saturated heterocycles. The molecule has 1 saturated carbocycles. The van der Waals surface area contributed by atoms with Crippen molar-refractivity contribution < 1.29 is 8.78 Å². The minimum atomic E-state index is -2.49. The second-order valence-corrected chi connectivity index (χ2v) is 4.27. The highest BCUT2D eigenvalue weighted by Crippen LogP contribution is 2.45. The van der Waals surface area contributed by atoms with Crippen molar-refractivity contribution in [2.24, 2.45) is 0 Å². The van der Waals surface area contributed by atoms with E-state index in [1.165, 1.54) is 0 Å². The van der Waals surface area contributed by atoms with Crippen LogP contribution >= 0.6 is 0 Å². The molecule has 6 heteroatoms. The molecule has 3 rings (SSSR count). The zero-order chi connectivity index (χ0) is 10.5. The molecule has 1 fully saturated rings. The standard InChI is InChI=1S/C9H12F2N4/c10-9(11)3-6(4-9)15-8-1-2-12-5-7(8)13-14-15/h6,12H,1-5H2. The van der Waals surface area contributed by atoms with Crippen LogP contribution in [0.1, 0.15) is 30.3 Å². The van der Waals surface area contributed by atoms with Crippen LogP contribution in [0.5, 0.6) is 0 Å². The molecule has 1 aliphatic heterocycles. The van der Waals surface area contributed by atoms with E-state index in [1.54, 1.807) is 4.68 Å². The summed E-state index contributed by atoms with van der Waals surface area (Å²) in [6.07, 6.45) is 0.664. The molecular weight excluding hydrogens is 202 g/mol. The van der Waals surface area contributed by atoms with Crippen molar-refractivity contribution in [2.75, 3.05) is 6.54 Å². The predicted octanol–water partition coefficient (Wildman–Crippen LogP) is 0.894. The molecule has 2 heterocycles. The zero-order valence-corrected chi connectivity index (χ0v) is 8.21. The highest BCUT2D eigenvalue weighted by Gasteiger charge is 2.47. The van der Waals surface area contributed by atoms with E-state index in [1.807, 2.05) is 0 Å². The van der Waals surface area contributed by atoms with Crippen LogP contribution in [0.4, 0.5) is 8.78 Å². The number of aromatic nitrogens is 3. The molecule has 15 heavy (non-hydrogen) atoms. The van der Waals surface area contributed by atoms with Gasteiger partial charge in [0.1, 0.15) is 0 Å². The smallest absolute Gasteiger partial charge is 0.252 e. The highest BCUT2D eigenvalue weighted by molar-refractivity contribution is 5.15. The highest BCUT2D eigenvalue weighted by atomic mass is 19.3. The third-order valence-corrected chi connectivity index (χ3v) is 3.12. The summed E-state index contributed by atoms with van der Waals surface area (Å²) in [5.74, 6) is -2.49. The molecule has 0 amide bonds. The van der Waals surface area contributed by atoms with E-state index >= 15 is 0 Å². The van der Waals surface area contributed by atoms with E-state index in [0.717, 1.165) is 24.4 Å². The summed E-state index contributed by atoms with van der Waals surface area (Å²) >= 11 is 0. The fourth-order valence-corrected chi connectivity index (χ4v) is 2.25. The number of fused-ring (bicyclic) bond motifs is 1. The van der Waals surface area contributed by atoms with Crippen molar-refractivity contribution in [3.8, 4) is 0 Å². The van der Waals surface area contributed by atoms with Gasteiger partial charge in [0.05, 0.1) is 17.4 Å². The minimum Gasteiger partial charge on any atom is -0.311 e. The Morgan fingerprint density at radius 2 is 2.20 bits per heavy atom. The van der Waals surface area contributed by atoms with Crippen molar-refractivity contribution in [2.45, 2.75) is 37.8 Å². The summed E-state index contributed by atoms with van der Waals surface area (Å²) in [5, 5.41) is 11.2. The lowest BCUT2D eigenvalue weighted by atomic mass is 9.88.